The summed E-state index contributed by atoms with van der Waals surface area (Å²) in [5, 5.41) is 11.3. The first-order valence-corrected chi connectivity index (χ1v) is 11.4. The number of hydrogen-bond donors (Lipinski definition) is 0. The maximum Gasteiger partial charge on any atom is 0.270 e. The van der Waals surface area contributed by atoms with E-state index >= 15 is 0 Å². The predicted octanol–water partition coefficient (Wildman–Crippen LogP) is 3.39. The van der Waals surface area contributed by atoms with E-state index in [2.05, 4.69) is 11.8 Å². The smallest absolute Gasteiger partial charge is 0.270 e. The molecule has 2 heterocycles. The summed E-state index contributed by atoms with van der Waals surface area (Å²) in [5.74, 6) is 1.09. The number of rotatable bonds is 4. The van der Waals surface area contributed by atoms with Crippen LogP contribution >= 0.6 is 0 Å². The summed E-state index contributed by atoms with van der Waals surface area (Å²) in [4.78, 5) is 13.1. The number of non-ortho nitro benzene ring substituents is 1. The Labute approximate surface area is 160 Å². The first-order valence-electron chi connectivity index (χ1n) is 9.95. The van der Waals surface area contributed by atoms with Crippen molar-refractivity contribution in [3.05, 3.63) is 28.3 Å². The van der Waals surface area contributed by atoms with Gasteiger partial charge in [0.2, 0.25) is 10.0 Å². The van der Waals surface area contributed by atoms with Gasteiger partial charge in [0.15, 0.2) is 0 Å². The molecule has 1 saturated carbocycles. The van der Waals surface area contributed by atoms with E-state index in [1.54, 1.807) is 6.07 Å². The number of anilines is 1. The largest absolute Gasteiger partial charge is 0.367 e. The van der Waals surface area contributed by atoms with Gasteiger partial charge in [-0.05, 0) is 43.6 Å². The molecule has 3 unspecified atom stereocenters. The zero-order valence-corrected chi connectivity index (χ0v) is 16.5. The molecule has 3 atom stereocenters. The van der Waals surface area contributed by atoms with Crippen molar-refractivity contribution in [2.24, 2.45) is 11.8 Å². The van der Waals surface area contributed by atoms with E-state index < -0.39 is 14.9 Å². The van der Waals surface area contributed by atoms with Gasteiger partial charge >= 0.3 is 0 Å². The van der Waals surface area contributed by atoms with Crippen molar-refractivity contribution in [2.75, 3.05) is 24.5 Å². The van der Waals surface area contributed by atoms with E-state index in [0.29, 0.717) is 36.7 Å². The highest BCUT2D eigenvalue weighted by molar-refractivity contribution is 7.89. The Morgan fingerprint density at radius 3 is 2.52 bits per heavy atom. The normalized spacial score (nSPS) is 29.1. The fraction of sp³-hybridized carbons (Fsp3) is 0.684. The Kier molecular flexibility index (Phi) is 4.88. The van der Waals surface area contributed by atoms with E-state index in [4.69, 9.17) is 0 Å². The molecular weight excluding hydrogens is 366 g/mol. The summed E-state index contributed by atoms with van der Waals surface area (Å²) in [6.07, 6.45) is 6.33. The van der Waals surface area contributed by atoms with Gasteiger partial charge in [-0.15, -0.1) is 0 Å². The highest BCUT2D eigenvalue weighted by Gasteiger charge is 2.43. The van der Waals surface area contributed by atoms with E-state index in [1.807, 2.05) is 0 Å². The van der Waals surface area contributed by atoms with Crippen molar-refractivity contribution in [1.29, 1.82) is 0 Å². The molecule has 7 nitrogen and oxygen atoms in total. The van der Waals surface area contributed by atoms with Gasteiger partial charge in [0.25, 0.3) is 5.69 Å². The molecule has 3 aliphatic rings. The second-order valence-corrected chi connectivity index (χ2v) is 10.1. The lowest BCUT2D eigenvalue weighted by molar-refractivity contribution is -0.385. The first kappa shape index (κ1) is 18.7. The summed E-state index contributed by atoms with van der Waals surface area (Å²) in [6.45, 7) is 4.04. The Morgan fingerprint density at radius 2 is 1.81 bits per heavy atom. The van der Waals surface area contributed by atoms with E-state index in [-0.39, 0.29) is 10.6 Å². The lowest BCUT2D eigenvalue weighted by atomic mass is 9.80. The number of nitrogens with zero attached hydrogens (tertiary/aromatic N) is 3. The highest BCUT2D eigenvalue weighted by Crippen LogP contribution is 2.44. The van der Waals surface area contributed by atoms with Crippen molar-refractivity contribution in [3.8, 4) is 0 Å². The molecule has 2 saturated heterocycles. The average Bonchev–Trinajstić information content (AvgIpc) is 3.31. The Morgan fingerprint density at radius 1 is 1.11 bits per heavy atom. The van der Waals surface area contributed by atoms with E-state index in [0.717, 1.165) is 32.2 Å². The van der Waals surface area contributed by atoms with Crippen LogP contribution in [0.4, 0.5) is 11.4 Å². The van der Waals surface area contributed by atoms with Crippen LogP contribution in [0.25, 0.3) is 0 Å². The van der Waals surface area contributed by atoms with Crippen molar-refractivity contribution in [2.45, 2.75) is 56.4 Å². The number of nitro benzene ring substituents is 1. The zero-order valence-electron chi connectivity index (χ0n) is 15.7. The average molecular weight is 394 g/mol. The van der Waals surface area contributed by atoms with Gasteiger partial charge in [-0.2, -0.15) is 4.31 Å². The summed E-state index contributed by atoms with van der Waals surface area (Å²) in [5.41, 5.74) is 0.484. The van der Waals surface area contributed by atoms with Gasteiger partial charge in [0, 0.05) is 37.8 Å². The minimum absolute atomic E-state index is 0.108. The fourth-order valence-electron chi connectivity index (χ4n) is 5.18. The SMILES string of the molecule is CC1CN(c2ccc([N+](=O)[O-])cc2S(=O)(=O)N2CCCC2)C2CCCCC12. The molecule has 148 valence electrons. The van der Waals surface area contributed by atoms with Crippen LogP contribution in [0.15, 0.2) is 23.1 Å². The van der Waals surface area contributed by atoms with E-state index in [1.165, 1.54) is 29.3 Å². The van der Waals surface area contributed by atoms with E-state index in [9.17, 15) is 18.5 Å². The van der Waals surface area contributed by atoms with Crippen LogP contribution in [0.3, 0.4) is 0 Å². The predicted molar refractivity (Wildman–Crippen MR) is 103 cm³/mol. The van der Waals surface area contributed by atoms with Gasteiger partial charge in [0.1, 0.15) is 4.90 Å². The summed E-state index contributed by atoms with van der Waals surface area (Å²) in [7, 11) is -3.73. The zero-order chi connectivity index (χ0) is 19.2. The molecule has 0 spiro atoms. The highest BCUT2D eigenvalue weighted by atomic mass is 32.2. The minimum atomic E-state index is -3.73. The van der Waals surface area contributed by atoms with Gasteiger partial charge < -0.3 is 4.90 Å². The maximum absolute atomic E-state index is 13.3. The molecule has 8 heteroatoms. The van der Waals surface area contributed by atoms with Crippen LogP contribution in [0.1, 0.15) is 45.4 Å². The lowest BCUT2D eigenvalue weighted by Crippen LogP contribution is -2.37. The number of nitro groups is 1. The fourth-order valence-corrected chi connectivity index (χ4v) is 6.91. The van der Waals surface area contributed by atoms with Crippen molar-refractivity contribution in [1.82, 2.24) is 4.31 Å². The standard InChI is InChI=1S/C19H27N3O4S/c1-14-13-21(17-7-3-2-6-16(14)17)18-9-8-15(22(23)24)12-19(18)27(25,26)20-10-4-5-11-20/h8-9,12,14,16-17H,2-7,10-11,13H2,1H3. The Balaban J connectivity index is 1.79. The molecule has 1 aliphatic carbocycles. The third-order valence-electron chi connectivity index (χ3n) is 6.54. The van der Waals surface area contributed by atoms with Crippen LogP contribution in [-0.4, -0.2) is 43.3 Å². The lowest BCUT2D eigenvalue weighted by Gasteiger charge is -2.34. The van der Waals surface area contributed by atoms with Crippen LogP contribution in [0.2, 0.25) is 0 Å². The van der Waals surface area contributed by atoms with Gasteiger partial charge in [-0.25, -0.2) is 8.42 Å². The number of benzene rings is 1. The van der Waals surface area contributed by atoms with Crippen molar-refractivity contribution < 1.29 is 13.3 Å². The van der Waals surface area contributed by atoms with Crippen LogP contribution < -0.4 is 4.90 Å². The van der Waals surface area contributed by atoms with Crippen molar-refractivity contribution in [3.63, 3.8) is 0 Å². The number of sulfonamides is 1. The third-order valence-corrected chi connectivity index (χ3v) is 8.47. The molecule has 27 heavy (non-hydrogen) atoms. The summed E-state index contributed by atoms with van der Waals surface area (Å²) in [6, 6.07) is 4.70. The van der Waals surface area contributed by atoms with Crippen LogP contribution in [-0.2, 0) is 10.0 Å². The second-order valence-electron chi connectivity index (χ2n) is 8.17. The molecule has 0 bridgehead atoms. The molecule has 3 fully saturated rings. The molecule has 0 N–H and O–H groups in total. The molecule has 2 aliphatic heterocycles. The minimum Gasteiger partial charge on any atom is -0.367 e. The molecular formula is C19H27N3O4S. The van der Waals surface area contributed by atoms with Crippen molar-refractivity contribution >= 4 is 21.4 Å². The van der Waals surface area contributed by atoms with Gasteiger partial charge in [-0.3, -0.25) is 10.1 Å². The Bertz CT molecular complexity index is 835. The molecule has 4 rings (SSSR count). The maximum atomic E-state index is 13.3. The number of hydrogen-bond acceptors (Lipinski definition) is 5. The first-order chi connectivity index (χ1) is 12.9. The topological polar surface area (TPSA) is 83.8 Å². The molecule has 0 aromatic heterocycles. The summed E-state index contributed by atoms with van der Waals surface area (Å²) < 4.78 is 28.1. The molecule has 0 radical (unpaired) electrons. The molecule has 1 aromatic carbocycles. The van der Waals surface area contributed by atoms with Gasteiger partial charge in [-0.1, -0.05) is 19.8 Å². The Hall–Kier alpha value is -1.67. The monoisotopic (exact) mass is 393 g/mol. The third kappa shape index (κ3) is 3.23. The molecule has 0 amide bonds. The second kappa shape index (κ2) is 7.05. The van der Waals surface area contributed by atoms with Crippen LogP contribution in [0.5, 0.6) is 0 Å². The van der Waals surface area contributed by atoms with Gasteiger partial charge in [0.05, 0.1) is 10.6 Å². The quantitative estimate of drug-likeness (QED) is 0.578. The van der Waals surface area contributed by atoms with Crippen LogP contribution in [0, 0.1) is 22.0 Å². The number of fused-ring (bicyclic) bond motifs is 1. The summed E-state index contributed by atoms with van der Waals surface area (Å²) >= 11 is 0. The molecule has 1 aromatic rings.